The third-order valence-corrected chi connectivity index (χ3v) is 5.61. The highest BCUT2D eigenvalue weighted by molar-refractivity contribution is 5.97. The minimum absolute atomic E-state index is 0.128. The summed E-state index contributed by atoms with van der Waals surface area (Å²) in [6.45, 7) is 10.2. The van der Waals surface area contributed by atoms with Gasteiger partial charge in [0.25, 0.3) is 5.91 Å². The van der Waals surface area contributed by atoms with E-state index in [0.717, 1.165) is 22.5 Å². The van der Waals surface area contributed by atoms with Gasteiger partial charge in [0, 0.05) is 11.5 Å². The molecule has 0 radical (unpaired) electrons. The quantitative estimate of drug-likeness (QED) is 0.395. The van der Waals surface area contributed by atoms with E-state index in [-0.39, 0.29) is 30.2 Å². The highest BCUT2D eigenvalue weighted by atomic mass is 16.3. The zero-order valence-corrected chi connectivity index (χ0v) is 20.7. The first-order valence-corrected chi connectivity index (χ1v) is 11.4. The fourth-order valence-corrected chi connectivity index (χ4v) is 3.77. The molecular formula is C27H30N4O4. The van der Waals surface area contributed by atoms with Gasteiger partial charge in [-0.25, -0.2) is 4.68 Å². The van der Waals surface area contributed by atoms with Crippen LogP contribution in [0.2, 0.25) is 0 Å². The molecule has 0 spiro atoms. The Balaban J connectivity index is 1.62. The summed E-state index contributed by atoms with van der Waals surface area (Å²) in [6.07, 6.45) is 2.95. The van der Waals surface area contributed by atoms with Crippen molar-refractivity contribution in [2.75, 3.05) is 11.9 Å². The lowest BCUT2D eigenvalue weighted by molar-refractivity contribution is -0.117. The summed E-state index contributed by atoms with van der Waals surface area (Å²) in [6, 6.07) is 14.7. The minimum atomic E-state index is -0.403. The molecule has 0 saturated heterocycles. The zero-order valence-electron chi connectivity index (χ0n) is 20.7. The average molecular weight is 475 g/mol. The van der Waals surface area contributed by atoms with Gasteiger partial charge in [-0.15, -0.1) is 0 Å². The fraction of sp³-hybridized carbons (Fsp3) is 0.296. The van der Waals surface area contributed by atoms with Gasteiger partial charge in [0.05, 0.1) is 30.5 Å². The van der Waals surface area contributed by atoms with Crippen molar-refractivity contribution in [2.45, 2.75) is 46.6 Å². The number of carbonyl (C=O) groups excluding carboxylic acids is 2. The molecule has 3 aromatic heterocycles. The molecule has 4 rings (SSSR count). The van der Waals surface area contributed by atoms with E-state index in [9.17, 15) is 9.59 Å². The molecule has 0 fully saturated rings. The Morgan fingerprint density at radius 1 is 1.03 bits per heavy atom. The van der Waals surface area contributed by atoms with E-state index in [1.165, 1.54) is 17.4 Å². The molecule has 4 aromatic rings. The lowest BCUT2D eigenvalue weighted by Gasteiger charge is -2.20. The van der Waals surface area contributed by atoms with E-state index in [4.69, 9.17) is 13.9 Å². The third-order valence-electron chi connectivity index (χ3n) is 5.61. The highest BCUT2D eigenvalue weighted by Crippen LogP contribution is 2.28. The van der Waals surface area contributed by atoms with E-state index >= 15 is 0 Å². The van der Waals surface area contributed by atoms with Crippen LogP contribution in [0.3, 0.4) is 0 Å². The van der Waals surface area contributed by atoms with Crippen LogP contribution in [-0.2, 0) is 16.8 Å². The number of nitrogens with zero attached hydrogens (tertiary/aromatic N) is 3. The van der Waals surface area contributed by atoms with Crippen molar-refractivity contribution in [1.82, 2.24) is 14.7 Å². The van der Waals surface area contributed by atoms with Crippen molar-refractivity contribution in [3.63, 3.8) is 0 Å². The summed E-state index contributed by atoms with van der Waals surface area (Å²) in [5.41, 5.74) is 3.68. The second kappa shape index (κ2) is 9.66. The molecule has 0 aliphatic carbocycles. The lowest BCUT2D eigenvalue weighted by atomic mass is 9.92. The van der Waals surface area contributed by atoms with Crippen LogP contribution in [0.1, 0.15) is 53.9 Å². The number of hydrogen-bond acceptors (Lipinski definition) is 5. The van der Waals surface area contributed by atoms with Crippen LogP contribution in [0, 0.1) is 13.8 Å². The van der Waals surface area contributed by atoms with Crippen molar-refractivity contribution in [2.24, 2.45) is 0 Å². The van der Waals surface area contributed by atoms with Crippen molar-refractivity contribution in [3.8, 4) is 5.69 Å². The number of rotatable bonds is 7. The maximum absolute atomic E-state index is 13.2. The van der Waals surface area contributed by atoms with Gasteiger partial charge in [-0.3, -0.25) is 9.59 Å². The number of anilines is 1. The van der Waals surface area contributed by atoms with E-state index in [1.807, 2.05) is 32.0 Å². The standard InChI is InChI=1S/C27H30N4O4/c1-18-10-11-21(19(2)14-18)31-24(15-23(29-31)27(3,4)5)28-25(32)17-30(16-20-8-6-12-34-20)26(33)22-9-7-13-35-22/h6-15H,16-17H2,1-5H3,(H,28,32). The third kappa shape index (κ3) is 5.54. The second-order valence-electron chi connectivity index (χ2n) is 9.63. The van der Waals surface area contributed by atoms with Crippen molar-refractivity contribution in [3.05, 3.63) is 89.4 Å². The average Bonchev–Trinajstić information content (AvgIpc) is 3.55. The van der Waals surface area contributed by atoms with Gasteiger partial charge in [-0.05, 0) is 49.7 Å². The molecule has 0 aliphatic heterocycles. The van der Waals surface area contributed by atoms with Crippen molar-refractivity contribution < 1.29 is 18.4 Å². The number of hydrogen-bond donors (Lipinski definition) is 1. The molecule has 0 atom stereocenters. The largest absolute Gasteiger partial charge is 0.467 e. The van der Waals surface area contributed by atoms with E-state index in [0.29, 0.717) is 11.6 Å². The van der Waals surface area contributed by atoms with Crippen molar-refractivity contribution >= 4 is 17.6 Å². The zero-order chi connectivity index (χ0) is 25.2. The molecular weight excluding hydrogens is 444 g/mol. The van der Waals surface area contributed by atoms with Gasteiger partial charge < -0.3 is 19.1 Å². The van der Waals surface area contributed by atoms with Gasteiger partial charge in [-0.1, -0.05) is 38.5 Å². The predicted octanol–water partition coefficient (Wildman–Crippen LogP) is 5.25. The Morgan fingerprint density at radius 3 is 2.40 bits per heavy atom. The summed E-state index contributed by atoms with van der Waals surface area (Å²) in [5.74, 6) is 0.491. The van der Waals surface area contributed by atoms with E-state index in [1.54, 1.807) is 28.9 Å². The Kier molecular flexibility index (Phi) is 6.64. The van der Waals surface area contributed by atoms with Crippen LogP contribution in [0.4, 0.5) is 5.82 Å². The minimum Gasteiger partial charge on any atom is -0.467 e. The number of aromatic nitrogens is 2. The Labute approximate surface area is 204 Å². The van der Waals surface area contributed by atoms with Crippen LogP contribution in [0.25, 0.3) is 5.69 Å². The lowest BCUT2D eigenvalue weighted by Crippen LogP contribution is -2.37. The van der Waals surface area contributed by atoms with E-state index < -0.39 is 5.91 Å². The Hall–Kier alpha value is -4.07. The van der Waals surface area contributed by atoms with Gasteiger partial charge in [0.1, 0.15) is 18.1 Å². The molecule has 0 bridgehead atoms. The van der Waals surface area contributed by atoms with Crippen LogP contribution >= 0.6 is 0 Å². The summed E-state index contributed by atoms with van der Waals surface area (Å²) >= 11 is 0. The van der Waals surface area contributed by atoms with Crippen LogP contribution in [0.15, 0.2) is 69.9 Å². The maximum atomic E-state index is 13.2. The summed E-state index contributed by atoms with van der Waals surface area (Å²) in [7, 11) is 0. The maximum Gasteiger partial charge on any atom is 0.290 e. The van der Waals surface area contributed by atoms with Gasteiger partial charge in [0.2, 0.25) is 5.91 Å². The van der Waals surface area contributed by atoms with Crippen LogP contribution in [0.5, 0.6) is 0 Å². The van der Waals surface area contributed by atoms with Crippen LogP contribution < -0.4 is 5.32 Å². The van der Waals surface area contributed by atoms with Gasteiger partial charge in [0.15, 0.2) is 5.76 Å². The van der Waals surface area contributed by atoms with Gasteiger partial charge >= 0.3 is 0 Å². The molecule has 35 heavy (non-hydrogen) atoms. The number of amides is 2. The monoisotopic (exact) mass is 474 g/mol. The summed E-state index contributed by atoms with van der Waals surface area (Å²) < 4.78 is 12.4. The molecule has 1 N–H and O–H groups in total. The highest BCUT2D eigenvalue weighted by Gasteiger charge is 2.25. The Bertz CT molecular complexity index is 1310. The molecule has 2 amide bonds. The normalized spacial score (nSPS) is 11.5. The first-order valence-electron chi connectivity index (χ1n) is 11.4. The molecule has 0 unspecified atom stereocenters. The second-order valence-corrected chi connectivity index (χ2v) is 9.63. The molecule has 8 nitrogen and oxygen atoms in total. The molecule has 3 heterocycles. The first-order chi connectivity index (χ1) is 16.6. The summed E-state index contributed by atoms with van der Waals surface area (Å²) in [4.78, 5) is 27.6. The molecule has 0 aliphatic rings. The number of aryl methyl sites for hydroxylation is 2. The Morgan fingerprint density at radius 2 is 1.77 bits per heavy atom. The number of nitrogens with one attached hydrogen (secondary N) is 1. The van der Waals surface area contributed by atoms with E-state index in [2.05, 4.69) is 32.2 Å². The van der Waals surface area contributed by atoms with Gasteiger partial charge in [-0.2, -0.15) is 5.10 Å². The fourth-order valence-electron chi connectivity index (χ4n) is 3.77. The molecule has 8 heteroatoms. The number of benzene rings is 1. The SMILES string of the molecule is Cc1ccc(-n2nc(C(C)(C)C)cc2NC(=O)CN(Cc2ccco2)C(=O)c2ccco2)c(C)c1. The summed E-state index contributed by atoms with van der Waals surface area (Å²) in [5, 5.41) is 7.76. The smallest absolute Gasteiger partial charge is 0.290 e. The molecule has 182 valence electrons. The molecule has 0 saturated carbocycles. The number of carbonyl (C=O) groups is 2. The molecule has 1 aromatic carbocycles. The first kappa shape index (κ1) is 24.1. The van der Waals surface area contributed by atoms with Crippen LogP contribution in [-0.4, -0.2) is 33.0 Å². The topological polar surface area (TPSA) is 93.5 Å². The van der Waals surface area contributed by atoms with Crippen molar-refractivity contribution in [1.29, 1.82) is 0 Å². The predicted molar refractivity (Wildman–Crippen MR) is 133 cm³/mol. The number of furan rings is 2.